The Morgan fingerprint density at radius 1 is 1.03 bits per heavy atom. The fourth-order valence-corrected chi connectivity index (χ4v) is 4.91. The van der Waals surface area contributed by atoms with Gasteiger partial charge in [-0.1, -0.05) is 37.3 Å². The first-order valence-corrected chi connectivity index (χ1v) is 12.7. The summed E-state index contributed by atoms with van der Waals surface area (Å²) in [5, 5.41) is 9.83. The van der Waals surface area contributed by atoms with Gasteiger partial charge in [-0.05, 0) is 50.1 Å². The van der Waals surface area contributed by atoms with Gasteiger partial charge in [0, 0.05) is 10.8 Å². The Morgan fingerprint density at radius 3 is 2.39 bits per heavy atom. The van der Waals surface area contributed by atoms with Crippen LogP contribution in [0.25, 0.3) is 16.5 Å². The fourth-order valence-electron chi connectivity index (χ4n) is 3.97. The predicted octanol–water partition coefficient (Wildman–Crippen LogP) is 5.15. The molecule has 0 aliphatic heterocycles. The van der Waals surface area contributed by atoms with Gasteiger partial charge in [-0.15, -0.1) is 11.3 Å². The van der Waals surface area contributed by atoms with Gasteiger partial charge < -0.3 is 14.8 Å². The van der Waals surface area contributed by atoms with Crippen molar-refractivity contribution < 1.29 is 19.1 Å². The molecule has 4 aromatic rings. The van der Waals surface area contributed by atoms with Gasteiger partial charge in [0.25, 0.3) is 5.56 Å². The van der Waals surface area contributed by atoms with Crippen molar-refractivity contribution in [1.29, 1.82) is 0 Å². The Hall–Kier alpha value is -3.98. The van der Waals surface area contributed by atoms with E-state index in [0.29, 0.717) is 34.9 Å². The highest BCUT2D eigenvalue weighted by molar-refractivity contribution is 7.16. The Morgan fingerprint density at radius 2 is 1.75 bits per heavy atom. The van der Waals surface area contributed by atoms with Gasteiger partial charge in [0.05, 0.1) is 30.2 Å². The molecule has 0 radical (unpaired) electrons. The monoisotopic (exact) mass is 505 g/mol. The van der Waals surface area contributed by atoms with Crippen molar-refractivity contribution in [1.82, 2.24) is 9.78 Å². The standard InChI is InChI=1S/C27H27N3O5S/c1-4-20(17-10-8-7-9-11-17)24(31)28-25-22-21(16-36-25)23(27(33)35-6-3)29-30(26(22)32)18-12-14-19(15-13-18)34-5-2/h7-16,20H,4-6H2,1-3H3,(H,28,31). The normalized spacial score (nSPS) is 11.8. The molecule has 2 aromatic carbocycles. The molecule has 186 valence electrons. The largest absolute Gasteiger partial charge is 0.494 e. The topological polar surface area (TPSA) is 99.5 Å². The summed E-state index contributed by atoms with van der Waals surface area (Å²) in [7, 11) is 0. The second-order valence-electron chi connectivity index (χ2n) is 7.93. The van der Waals surface area contributed by atoms with Gasteiger partial charge >= 0.3 is 5.97 Å². The van der Waals surface area contributed by atoms with Crippen LogP contribution in [0.1, 0.15) is 49.2 Å². The van der Waals surface area contributed by atoms with Crippen molar-refractivity contribution in [3.05, 3.63) is 81.6 Å². The van der Waals surface area contributed by atoms with Gasteiger partial charge in [-0.25, -0.2) is 4.79 Å². The number of esters is 1. The average molecular weight is 506 g/mol. The van der Waals surface area contributed by atoms with Crippen molar-refractivity contribution in [2.45, 2.75) is 33.1 Å². The maximum Gasteiger partial charge on any atom is 0.359 e. The third-order valence-corrected chi connectivity index (χ3v) is 6.57. The second-order valence-corrected chi connectivity index (χ2v) is 8.81. The van der Waals surface area contributed by atoms with Crippen molar-refractivity contribution in [3.63, 3.8) is 0 Å². The number of nitrogens with zero attached hydrogens (tertiary/aromatic N) is 2. The minimum absolute atomic E-state index is 0.00665. The Balaban J connectivity index is 1.81. The number of hydrogen-bond donors (Lipinski definition) is 1. The lowest BCUT2D eigenvalue weighted by molar-refractivity contribution is -0.117. The molecule has 0 spiro atoms. The van der Waals surface area contributed by atoms with Crippen LogP contribution in [0.2, 0.25) is 0 Å². The molecule has 9 heteroatoms. The van der Waals surface area contributed by atoms with Crippen LogP contribution in [0, 0.1) is 0 Å². The number of fused-ring (bicyclic) bond motifs is 1. The lowest BCUT2D eigenvalue weighted by Crippen LogP contribution is -2.26. The highest BCUT2D eigenvalue weighted by atomic mass is 32.1. The van der Waals surface area contributed by atoms with Gasteiger partial charge in [0.1, 0.15) is 10.8 Å². The Kier molecular flexibility index (Phi) is 7.80. The van der Waals surface area contributed by atoms with Crippen LogP contribution in [0.5, 0.6) is 5.75 Å². The van der Waals surface area contributed by atoms with Gasteiger partial charge in [0.15, 0.2) is 5.69 Å². The highest BCUT2D eigenvalue weighted by Gasteiger charge is 2.25. The van der Waals surface area contributed by atoms with E-state index >= 15 is 0 Å². The molecular formula is C27H27N3O5S. The molecule has 1 N–H and O–H groups in total. The summed E-state index contributed by atoms with van der Waals surface area (Å²) in [6.07, 6.45) is 0.588. The number of rotatable bonds is 9. The number of hydrogen-bond acceptors (Lipinski definition) is 7. The van der Waals surface area contributed by atoms with E-state index in [1.54, 1.807) is 36.6 Å². The summed E-state index contributed by atoms with van der Waals surface area (Å²) in [6.45, 7) is 6.19. The zero-order valence-electron chi connectivity index (χ0n) is 20.3. The minimum Gasteiger partial charge on any atom is -0.494 e. The predicted molar refractivity (Wildman–Crippen MR) is 140 cm³/mol. The summed E-state index contributed by atoms with van der Waals surface area (Å²) >= 11 is 1.18. The SMILES string of the molecule is CCOC(=O)c1nn(-c2ccc(OCC)cc2)c(=O)c2c(NC(=O)C(CC)c3ccccc3)scc12. The number of carbonyl (C=O) groups is 2. The number of thiophene rings is 1. The number of amides is 1. The maximum atomic E-state index is 13.6. The maximum absolute atomic E-state index is 13.6. The summed E-state index contributed by atoms with van der Waals surface area (Å²) in [6, 6.07) is 16.3. The summed E-state index contributed by atoms with van der Waals surface area (Å²) in [5.74, 6) is -0.610. The molecule has 0 bridgehead atoms. The minimum atomic E-state index is -0.645. The van der Waals surface area contributed by atoms with Crippen LogP contribution in [0.15, 0.2) is 64.8 Å². The molecule has 0 saturated heterocycles. The zero-order valence-corrected chi connectivity index (χ0v) is 21.1. The number of anilines is 1. The molecule has 1 amide bonds. The van der Waals surface area contributed by atoms with Gasteiger partial charge in [0.2, 0.25) is 5.91 Å². The molecular weight excluding hydrogens is 478 g/mol. The summed E-state index contributed by atoms with van der Waals surface area (Å²) < 4.78 is 11.8. The average Bonchev–Trinajstić information content (AvgIpc) is 3.30. The van der Waals surface area contributed by atoms with Crippen LogP contribution in [-0.2, 0) is 9.53 Å². The Labute approximate surface area is 212 Å². The van der Waals surface area contributed by atoms with E-state index in [9.17, 15) is 14.4 Å². The van der Waals surface area contributed by atoms with E-state index in [4.69, 9.17) is 9.47 Å². The van der Waals surface area contributed by atoms with E-state index in [1.807, 2.05) is 44.2 Å². The molecule has 0 aliphatic rings. The fraction of sp³-hybridized carbons (Fsp3) is 0.259. The number of benzene rings is 2. The number of nitrogens with one attached hydrogen (secondary N) is 1. The van der Waals surface area contributed by atoms with Crippen LogP contribution in [0.3, 0.4) is 0 Å². The third-order valence-electron chi connectivity index (χ3n) is 5.68. The summed E-state index contributed by atoms with van der Waals surface area (Å²) in [4.78, 5) is 39.6. The molecule has 1 unspecified atom stereocenters. The lowest BCUT2D eigenvalue weighted by Gasteiger charge is -2.15. The van der Waals surface area contributed by atoms with Gasteiger partial charge in [-0.3, -0.25) is 9.59 Å². The first-order valence-electron chi connectivity index (χ1n) is 11.8. The molecule has 0 fully saturated rings. The van der Waals surface area contributed by atoms with E-state index < -0.39 is 11.5 Å². The smallest absolute Gasteiger partial charge is 0.359 e. The van der Waals surface area contributed by atoms with Crippen molar-refractivity contribution in [3.8, 4) is 11.4 Å². The quantitative estimate of drug-likeness (QED) is 0.316. The first kappa shape index (κ1) is 25.1. The first-order chi connectivity index (χ1) is 17.5. The Bertz CT molecular complexity index is 1430. The molecule has 2 aromatic heterocycles. The van der Waals surface area contributed by atoms with E-state index in [2.05, 4.69) is 10.4 Å². The van der Waals surface area contributed by atoms with Crippen LogP contribution in [0.4, 0.5) is 5.00 Å². The molecule has 8 nitrogen and oxygen atoms in total. The second kappa shape index (κ2) is 11.2. The molecule has 4 rings (SSSR count). The molecule has 36 heavy (non-hydrogen) atoms. The van der Waals surface area contributed by atoms with Crippen molar-refractivity contribution in [2.24, 2.45) is 0 Å². The van der Waals surface area contributed by atoms with Crippen LogP contribution in [-0.4, -0.2) is 34.9 Å². The van der Waals surface area contributed by atoms with E-state index in [0.717, 1.165) is 10.2 Å². The van der Waals surface area contributed by atoms with E-state index in [1.165, 1.54) is 11.3 Å². The molecule has 0 saturated carbocycles. The van der Waals surface area contributed by atoms with Crippen molar-refractivity contribution in [2.75, 3.05) is 18.5 Å². The molecule has 0 aliphatic carbocycles. The van der Waals surface area contributed by atoms with Crippen LogP contribution < -0.4 is 15.6 Å². The van der Waals surface area contributed by atoms with E-state index in [-0.39, 0.29) is 29.5 Å². The zero-order chi connectivity index (χ0) is 25.7. The number of carbonyl (C=O) groups excluding carboxylic acids is 2. The lowest BCUT2D eigenvalue weighted by atomic mass is 9.96. The number of ether oxygens (including phenoxy) is 2. The van der Waals surface area contributed by atoms with Gasteiger partial charge in [-0.2, -0.15) is 9.78 Å². The van der Waals surface area contributed by atoms with Crippen molar-refractivity contribution >= 4 is 39.0 Å². The summed E-state index contributed by atoms with van der Waals surface area (Å²) in [5.41, 5.74) is 0.896. The molecule has 2 heterocycles. The highest BCUT2D eigenvalue weighted by Crippen LogP contribution is 2.32. The third kappa shape index (κ3) is 5.01. The van der Waals surface area contributed by atoms with Crippen LogP contribution >= 0.6 is 11.3 Å². The number of aromatic nitrogens is 2. The molecule has 1 atom stereocenters.